The van der Waals surface area contributed by atoms with E-state index in [0.717, 1.165) is 42.1 Å². The van der Waals surface area contributed by atoms with Crippen molar-refractivity contribution in [2.45, 2.75) is 76.8 Å². The number of carbonyl (C=O) groups is 2. The molecule has 2 amide bonds. The summed E-state index contributed by atoms with van der Waals surface area (Å²) in [5.74, 6) is -0.223. The van der Waals surface area contributed by atoms with Gasteiger partial charge in [-0.15, -0.1) is 0 Å². The average molecular weight is 467 g/mol. The van der Waals surface area contributed by atoms with Gasteiger partial charge in [0.15, 0.2) is 11.6 Å². The molecule has 0 aliphatic heterocycles. The molecule has 3 N–H and O–H groups in total. The first-order valence-electron chi connectivity index (χ1n) is 12.0. The monoisotopic (exact) mass is 466 g/mol. The van der Waals surface area contributed by atoms with E-state index in [1.807, 2.05) is 51.2 Å². The summed E-state index contributed by atoms with van der Waals surface area (Å²) in [6.07, 6.45) is 8.28. The van der Waals surface area contributed by atoms with Gasteiger partial charge < -0.3 is 24.7 Å². The van der Waals surface area contributed by atoms with E-state index >= 15 is 0 Å². The maximum absolute atomic E-state index is 12.8. The van der Waals surface area contributed by atoms with Crippen molar-refractivity contribution in [2.24, 2.45) is 0 Å². The Bertz CT molecular complexity index is 1140. The average Bonchev–Trinajstić information content (AvgIpc) is 3.44. The van der Waals surface area contributed by atoms with Crippen LogP contribution in [0.4, 0.5) is 4.79 Å². The molecule has 1 atom stereocenters. The third-order valence-electron chi connectivity index (χ3n) is 6.63. The van der Waals surface area contributed by atoms with E-state index in [0.29, 0.717) is 12.3 Å². The van der Waals surface area contributed by atoms with Gasteiger partial charge >= 0.3 is 6.09 Å². The van der Waals surface area contributed by atoms with Crippen molar-refractivity contribution in [3.05, 3.63) is 53.9 Å². The Kier molecular flexibility index (Phi) is 6.95. The molecule has 1 aliphatic rings. The second kappa shape index (κ2) is 9.91. The molecule has 8 heteroatoms. The van der Waals surface area contributed by atoms with Crippen molar-refractivity contribution >= 4 is 22.9 Å². The minimum Gasteiger partial charge on any atom is -0.465 e. The highest BCUT2D eigenvalue weighted by Gasteiger charge is 2.32. The summed E-state index contributed by atoms with van der Waals surface area (Å²) in [7, 11) is 0. The van der Waals surface area contributed by atoms with E-state index in [9.17, 15) is 14.7 Å². The lowest BCUT2D eigenvalue weighted by atomic mass is 9.95. The van der Waals surface area contributed by atoms with Crippen molar-refractivity contribution in [1.82, 2.24) is 20.2 Å². The molecule has 0 bridgehead atoms. The summed E-state index contributed by atoms with van der Waals surface area (Å²) in [6.45, 7) is 5.79. The normalized spacial score (nSPS) is 15.9. The second-order valence-corrected chi connectivity index (χ2v) is 10.2. The Labute approximate surface area is 199 Å². The number of oxazole rings is 1. The number of benzene rings is 1. The number of amides is 2. The van der Waals surface area contributed by atoms with Gasteiger partial charge in [-0.05, 0) is 51.7 Å². The van der Waals surface area contributed by atoms with Crippen molar-refractivity contribution in [1.29, 1.82) is 0 Å². The van der Waals surface area contributed by atoms with Crippen LogP contribution in [0.3, 0.4) is 0 Å². The van der Waals surface area contributed by atoms with E-state index < -0.39 is 11.6 Å². The first-order chi connectivity index (χ1) is 16.2. The summed E-state index contributed by atoms with van der Waals surface area (Å²) >= 11 is 0. The highest BCUT2D eigenvalue weighted by molar-refractivity contribution is 5.92. The molecule has 34 heavy (non-hydrogen) atoms. The molecule has 0 spiro atoms. The SMILES string of the molecule is CC(C)(C)N(C[C@H](Cc1c[nH]c2ccccc12)c1nc(C(=O)NC2CCCCC2)co1)C(=O)O. The first kappa shape index (κ1) is 23.9. The van der Waals surface area contributed by atoms with Gasteiger partial charge in [-0.3, -0.25) is 4.79 Å². The van der Waals surface area contributed by atoms with Crippen LogP contribution >= 0.6 is 0 Å². The summed E-state index contributed by atoms with van der Waals surface area (Å²) in [5, 5.41) is 14.0. The smallest absolute Gasteiger partial charge is 0.407 e. The van der Waals surface area contributed by atoms with E-state index in [1.54, 1.807) is 0 Å². The molecule has 1 aromatic carbocycles. The van der Waals surface area contributed by atoms with Crippen LogP contribution in [0.2, 0.25) is 0 Å². The number of aromatic nitrogens is 2. The molecule has 0 radical (unpaired) electrons. The summed E-state index contributed by atoms with van der Waals surface area (Å²) in [6, 6.07) is 8.16. The number of aromatic amines is 1. The number of fused-ring (bicyclic) bond motifs is 1. The van der Waals surface area contributed by atoms with E-state index in [-0.39, 0.29) is 30.1 Å². The fourth-order valence-electron chi connectivity index (χ4n) is 4.74. The summed E-state index contributed by atoms with van der Waals surface area (Å²) in [4.78, 5) is 34.1. The molecule has 0 unspecified atom stereocenters. The van der Waals surface area contributed by atoms with Crippen molar-refractivity contribution in [2.75, 3.05) is 6.54 Å². The maximum Gasteiger partial charge on any atom is 0.407 e. The Morgan fingerprint density at radius 1 is 1.24 bits per heavy atom. The van der Waals surface area contributed by atoms with Crippen molar-refractivity contribution < 1.29 is 19.1 Å². The molecule has 1 saturated carbocycles. The van der Waals surface area contributed by atoms with Crippen LogP contribution in [0.15, 0.2) is 41.1 Å². The zero-order chi connectivity index (χ0) is 24.3. The number of hydrogen-bond acceptors (Lipinski definition) is 4. The van der Waals surface area contributed by atoms with Gasteiger partial charge in [-0.2, -0.15) is 0 Å². The quantitative estimate of drug-likeness (QED) is 0.436. The van der Waals surface area contributed by atoms with Gasteiger partial charge in [0.1, 0.15) is 6.26 Å². The van der Waals surface area contributed by atoms with Gasteiger partial charge in [-0.25, -0.2) is 9.78 Å². The maximum atomic E-state index is 12.8. The zero-order valence-corrected chi connectivity index (χ0v) is 20.1. The third kappa shape index (κ3) is 5.43. The van der Waals surface area contributed by atoms with E-state index in [4.69, 9.17) is 4.42 Å². The molecular formula is C26H34N4O4. The lowest BCUT2D eigenvalue weighted by Crippen LogP contribution is -2.47. The Hall–Kier alpha value is -3.29. The fourth-order valence-corrected chi connectivity index (χ4v) is 4.74. The predicted octanol–water partition coefficient (Wildman–Crippen LogP) is 5.32. The molecule has 182 valence electrons. The minimum absolute atomic E-state index is 0.173. The number of nitrogens with zero attached hydrogens (tertiary/aromatic N) is 2. The van der Waals surface area contributed by atoms with Gasteiger partial charge in [0, 0.05) is 35.2 Å². The summed E-state index contributed by atoms with van der Waals surface area (Å²) < 4.78 is 5.79. The molecule has 8 nitrogen and oxygen atoms in total. The molecule has 2 aromatic heterocycles. The third-order valence-corrected chi connectivity index (χ3v) is 6.63. The van der Waals surface area contributed by atoms with Crippen molar-refractivity contribution in [3.8, 4) is 0 Å². The topological polar surface area (TPSA) is 111 Å². The molecule has 1 fully saturated rings. The lowest BCUT2D eigenvalue weighted by molar-refractivity contribution is 0.0913. The molecule has 3 aromatic rings. The van der Waals surface area contributed by atoms with Gasteiger partial charge in [0.25, 0.3) is 5.91 Å². The lowest BCUT2D eigenvalue weighted by Gasteiger charge is -2.35. The van der Waals surface area contributed by atoms with E-state index in [2.05, 4.69) is 15.3 Å². The van der Waals surface area contributed by atoms with Crippen LogP contribution in [-0.4, -0.2) is 50.1 Å². The second-order valence-electron chi connectivity index (χ2n) is 10.2. The number of rotatable bonds is 7. The van der Waals surface area contributed by atoms with E-state index in [1.165, 1.54) is 17.6 Å². The van der Waals surface area contributed by atoms with Crippen LogP contribution in [0.1, 0.15) is 80.7 Å². The highest BCUT2D eigenvalue weighted by Crippen LogP contribution is 2.29. The molecule has 2 heterocycles. The number of carboxylic acid groups (broad SMARTS) is 1. The largest absolute Gasteiger partial charge is 0.465 e. The first-order valence-corrected chi connectivity index (χ1v) is 12.0. The minimum atomic E-state index is -1.00. The number of H-pyrrole nitrogens is 1. The molecule has 1 aliphatic carbocycles. The van der Waals surface area contributed by atoms with Crippen LogP contribution < -0.4 is 5.32 Å². The highest BCUT2D eigenvalue weighted by atomic mass is 16.4. The number of hydrogen-bond donors (Lipinski definition) is 3. The van der Waals surface area contributed by atoms with Gasteiger partial charge in [0.05, 0.1) is 5.92 Å². The molecule has 0 saturated heterocycles. The van der Waals surface area contributed by atoms with Crippen LogP contribution in [0.5, 0.6) is 0 Å². The Morgan fingerprint density at radius 2 is 1.97 bits per heavy atom. The van der Waals surface area contributed by atoms with Crippen LogP contribution in [0.25, 0.3) is 10.9 Å². The van der Waals surface area contributed by atoms with Gasteiger partial charge in [-0.1, -0.05) is 37.5 Å². The van der Waals surface area contributed by atoms with Crippen LogP contribution in [0, 0.1) is 0 Å². The Balaban J connectivity index is 1.60. The molecular weight excluding hydrogens is 432 g/mol. The van der Waals surface area contributed by atoms with Crippen LogP contribution in [-0.2, 0) is 6.42 Å². The number of para-hydroxylation sites is 1. The molecule has 4 rings (SSSR count). The standard InChI is InChI=1S/C26H34N4O4/c1-26(2,3)30(25(32)33)15-18(13-17-14-27-21-12-8-7-11-20(17)21)24-29-22(16-34-24)23(31)28-19-9-5-4-6-10-19/h7-8,11-12,14,16,18-19,27H,4-6,9-10,13,15H2,1-3H3,(H,28,31)(H,32,33)/t18-/m0/s1. The number of carbonyl (C=O) groups excluding carboxylic acids is 1. The Morgan fingerprint density at radius 3 is 2.68 bits per heavy atom. The number of nitrogens with one attached hydrogen (secondary N) is 2. The van der Waals surface area contributed by atoms with Crippen molar-refractivity contribution in [3.63, 3.8) is 0 Å². The zero-order valence-electron chi connectivity index (χ0n) is 20.1. The summed E-state index contributed by atoms with van der Waals surface area (Å²) in [5.41, 5.74) is 1.70. The van der Waals surface area contributed by atoms with Gasteiger partial charge in [0.2, 0.25) is 0 Å². The fraction of sp³-hybridized carbons (Fsp3) is 0.500. The predicted molar refractivity (Wildman–Crippen MR) is 130 cm³/mol.